The Balaban J connectivity index is 1.70. The largest absolute Gasteiger partial charge is 0.491 e. The van der Waals surface area contributed by atoms with Crippen LogP contribution in [0.25, 0.3) is 10.9 Å². The van der Waals surface area contributed by atoms with Gasteiger partial charge in [0.1, 0.15) is 5.75 Å². The van der Waals surface area contributed by atoms with E-state index in [-0.39, 0.29) is 17.1 Å². The highest BCUT2D eigenvalue weighted by molar-refractivity contribution is 7.80. The molecule has 0 bridgehead atoms. The van der Waals surface area contributed by atoms with Crippen LogP contribution in [0.1, 0.15) is 36.3 Å². The van der Waals surface area contributed by atoms with E-state index >= 15 is 0 Å². The first-order chi connectivity index (χ1) is 13.5. The lowest BCUT2D eigenvalue weighted by atomic mass is 10.1. The van der Waals surface area contributed by atoms with Gasteiger partial charge in [0.05, 0.1) is 11.6 Å². The van der Waals surface area contributed by atoms with Crippen LogP contribution in [0.4, 0.5) is 5.69 Å². The molecular weight excluding hydrogens is 370 g/mol. The molecule has 0 fully saturated rings. The standard InChI is InChI=1S/C22H23N3O2S/c1-4-15(3)27-17-8-5-7-16(13-17)21(26)25-22(28)24-20-10-6-9-19-18(20)12-11-14(2)23-19/h5-13,15H,4H2,1-3H3,(H2,24,25,26,28)/t15-/m0/s1. The fourth-order valence-electron chi connectivity index (χ4n) is 2.72. The topological polar surface area (TPSA) is 63.2 Å². The summed E-state index contributed by atoms with van der Waals surface area (Å²) in [5, 5.41) is 6.98. The quantitative estimate of drug-likeness (QED) is 0.607. The number of aromatic nitrogens is 1. The van der Waals surface area contributed by atoms with E-state index in [1.54, 1.807) is 18.2 Å². The zero-order chi connectivity index (χ0) is 20.1. The molecule has 28 heavy (non-hydrogen) atoms. The Bertz CT molecular complexity index is 1020. The first kappa shape index (κ1) is 19.8. The van der Waals surface area contributed by atoms with Crippen LogP contribution in [-0.4, -0.2) is 22.1 Å². The van der Waals surface area contributed by atoms with Crippen LogP contribution in [0.15, 0.2) is 54.6 Å². The minimum atomic E-state index is -0.290. The number of thiocarbonyl (C=S) groups is 1. The van der Waals surface area contributed by atoms with E-state index in [2.05, 4.69) is 22.5 Å². The SMILES string of the molecule is CC[C@H](C)Oc1cccc(C(=O)NC(=S)Nc2cccc3nc(C)ccc23)c1. The maximum atomic E-state index is 12.6. The van der Waals surface area contributed by atoms with Gasteiger partial charge in [0.2, 0.25) is 0 Å². The first-order valence-corrected chi connectivity index (χ1v) is 9.62. The van der Waals surface area contributed by atoms with Crippen LogP contribution in [0.3, 0.4) is 0 Å². The van der Waals surface area contributed by atoms with E-state index in [4.69, 9.17) is 17.0 Å². The van der Waals surface area contributed by atoms with E-state index in [0.29, 0.717) is 11.3 Å². The van der Waals surface area contributed by atoms with Crippen LogP contribution in [0.2, 0.25) is 0 Å². The summed E-state index contributed by atoms with van der Waals surface area (Å²) in [5.41, 5.74) is 3.10. The monoisotopic (exact) mass is 393 g/mol. The van der Waals surface area contributed by atoms with Crippen molar-refractivity contribution in [2.75, 3.05) is 5.32 Å². The Hall–Kier alpha value is -2.99. The van der Waals surface area contributed by atoms with Crippen molar-refractivity contribution in [3.63, 3.8) is 0 Å². The van der Waals surface area contributed by atoms with Crippen molar-refractivity contribution in [2.45, 2.75) is 33.3 Å². The number of carbonyl (C=O) groups excluding carboxylic acids is 1. The fraction of sp³-hybridized carbons (Fsp3) is 0.227. The summed E-state index contributed by atoms with van der Waals surface area (Å²) in [6, 6.07) is 16.7. The van der Waals surface area contributed by atoms with E-state index in [1.165, 1.54) is 0 Å². The molecule has 2 aromatic carbocycles. The van der Waals surface area contributed by atoms with Gasteiger partial charge in [0, 0.05) is 22.3 Å². The van der Waals surface area contributed by atoms with Crippen molar-refractivity contribution in [2.24, 2.45) is 0 Å². The predicted molar refractivity (Wildman–Crippen MR) is 117 cm³/mol. The highest BCUT2D eigenvalue weighted by Crippen LogP contribution is 2.22. The molecule has 144 valence electrons. The van der Waals surface area contributed by atoms with Gasteiger partial charge < -0.3 is 10.1 Å². The lowest BCUT2D eigenvalue weighted by Gasteiger charge is -2.14. The second kappa shape index (κ2) is 8.80. The molecule has 0 aliphatic carbocycles. The van der Waals surface area contributed by atoms with Gasteiger partial charge in [-0.3, -0.25) is 15.1 Å². The Morgan fingerprint density at radius 3 is 2.75 bits per heavy atom. The number of carbonyl (C=O) groups is 1. The van der Waals surface area contributed by atoms with Gasteiger partial charge in [-0.2, -0.15) is 0 Å². The summed E-state index contributed by atoms with van der Waals surface area (Å²) in [4.78, 5) is 17.1. The Morgan fingerprint density at radius 1 is 1.18 bits per heavy atom. The van der Waals surface area contributed by atoms with Gasteiger partial charge in [-0.05, 0) is 75.0 Å². The molecule has 5 nitrogen and oxygen atoms in total. The normalized spacial score (nSPS) is 11.7. The summed E-state index contributed by atoms with van der Waals surface area (Å²) in [5.74, 6) is 0.373. The average molecular weight is 394 g/mol. The van der Waals surface area contributed by atoms with E-state index in [9.17, 15) is 4.79 Å². The predicted octanol–water partition coefficient (Wildman–Crippen LogP) is 4.85. The minimum absolute atomic E-state index is 0.0877. The van der Waals surface area contributed by atoms with Crippen LogP contribution in [0.5, 0.6) is 5.75 Å². The van der Waals surface area contributed by atoms with Gasteiger partial charge >= 0.3 is 0 Å². The molecule has 0 aliphatic rings. The number of amides is 1. The van der Waals surface area contributed by atoms with E-state index in [0.717, 1.165) is 28.7 Å². The van der Waals surface area contributed by atoms with Crippen molar-refractivity contribution >= 4 is 39.8 Å². The van der Waals surface area contributed by atoms with E-state index in [1.807, 2.05) is 50.2 Å². The summed E-state index contributed by atoms with van der Waals surface area (Å²) >= 11 is 5.33. The molecule has 0 spiro atoms. The lowest BCUT2D eigenvalue weighted by Crippen LogP contribution is -2.34. The van der Waals surface area contributed by atoms with Crippen molar-refractivity contribution in [1.82, 2.24) is 10.3 Å². The van der Waals surface area contributed by atoms with Gasteiger partial charge in [0.25, 0.3) is 5.91 Å². The second-order valence-corrected chi connectivity index (χ2v) is 7.01. The molecule has 3 rings (SSSR count). The third-order valence-corrected chi connectivity index (χ3v) is 4.56. The maximum Gasteiger partial charge on any atom is 0.257 e. The van der Waals surface area contributed by atoms with Crippen LogP contribution in [0, 0.1) is 6.92 Å². The molecule has 1 atom stereocenters. The Kier molecular flexibility index (Phi) is 6.21. The summed E-state index contributed by atoms with van der Waals surface area (Å²) in [6.45, 7) is 5.99. The number of pyridine rings is 1. The smallest absolute Gasteiger partial charge is 0.257 e. The highest BCUT2D eigenvalue weighted by Gasteiger charge is 2.11. The van der Waals surface area contributed by atoms with Crippen molar-refractivity contribution < 1.29 is 9.53 Å². The second-order valence-electron chi connectivity index (χ2n) is 6.60. The molecule has 0 radical (unpaired) electrons. The molecule has 0 saturated heterocycles. The molecule has 0 unspecified atom stereocenters. The van der Waals surface area contributed by atoms with Crippen LogP contribution >= 0.6 is 12.2 Å². The molecule has 2 N–H and O–H groups in total. The van der Waals surface area contributed by atoms with E-state index < -0.39 is 0 Å². The van der Waals surface area contributed by atoms with Gasteiger partial charge in [-0.1, -0.05) is 19.1 Å². The van der Waals surface area contributed by atoms with Crippen LogP contribution < -0.4 is 15.4 Å². The summed E-state index contributed by atoms with van der Waals surface area (Å²) in [6.07, 6.45) is 0.980. The number of hydrogen-bond donors (Lipinski definition) is 2. The highest BCUT2D eigenvalue weighted by atomic mass is 32.1. The summed E-state index contributed by atoms with van der Waals surface area (Å²) in [7, 11) is 0. The van der Waals surface area contributed by atoms with Gasteiger partial charge in [-0.15, -0.1) is 0 Å². The molecular formula is C22H23N3O2S. The Morgan fingerprint density at radius 2 is 1.96 bits per heavy atom. The number of nitrogens with zero attached hydrogens (tertiary/aromatic N) is 1. The fourth-order valence-corrected chi connectivity index (χ4v) is 2.92. The molecule has 1 amide bonds. The number of benzene rings is 2. The number of ether oxygens (including phenoxy) is 1. The van der Waals surface area contributed by atoms with Crippen molar-refractivity contribution in [1.29, 1.82) is 0 Å². The molecule has 6 heteroatoms. The van der Waals surface area contributed by atoms with Gasteiger partial charge in [-0.25, -0.2) is 0 Å². The zero-order valence-corrected chi connectivity index (χ0v) is 17.0. The Labute approximate surface area is 170 Å². The van der Waals surface area contributed by atoms with Gasteiger partial charge in [0.15, 0.2) is 5.11 Å². The number of hydrogen-bond acceptors (Lipinski definition) is 4. The number of fused-ring (bicyclic) bond motifs is 1. The molecule has 1 heterocycles. The third-order valence-electron chi connectivity index (χ3n) is 4.35. The van der Waals surface area contributed by atoms with Crippen molar-refractivity contribution in [3.8, 4) is 5.75 Å². The average Bonchev–Trinajstić information content (AvgIpc) is 2.68. The van der Waals surface area contributed by atoms with Crippen molar-refractivity contribution in [3.05, 3.63) is 65.9 Å². The third kappa shape index (κ3) is 4.84. The molecule has 0 saturated carbocycles. The minimum Gasteiger partial charge on any atom is -0.491 e. The molecule has 1 aromatic heterocycles. The lowest BCUT2D eigenvalue weighted by molar-refractivity contribution is 0.0977. The maximum absolute atomic E-state index is 12.6. The molecule has 3 aromatic rings. The zero-order valence-electron chi connectivity index (χ0n) is 16.2. The number of nitrogens with one attached hydrogen (secondary N) is 2. The number of rotatable bonds is 5. The number of aryl methyl sites for hydroxylation is 1. The summed E-state index contributed by atoms with van der Waals surface area (Å²) < 4.78 is 5.78. The van der Waals surface area contributed by atoms with Crippen LogP contribution in [-0.2, 0) is 0 Å². The molecule has 0 aliphatic heterocycles. The number of anilines is 1. The first-order valence-electron chi connectivity index (χ1n) is 9.21.